The molecular weight excluding hydrogens is 547 g/mol. The van der Waals surface area contributed by atoms with Crippen molar-refractivity contribution >= 4 is 22.5 Å². The maximum atomic E-state index is 14.9. The number of anilines is 1. The van der Waals surface area contributed by atoms with Crippen LogP contribution >= 0.6 is 0 Å². The van der Waals surface area contributed by atoms with Crippen molar-refractivity contribution in [2.24, 2.45) is 0 Å². The van der Waals surface area contributed by atoms with Crippen LogP contribution in [0.15, 0.2) is 47.2 Å². The first-order valence-electron chi connectivity index (χ1n) is 13.3. The number of hydrogen-bond acceptors (Lipinski definition) is 5. The molecule has 4 aromatic rings. The lowest BCUT2D eigenvalue weighted by atomic mass is 9.92. The Bertz CT molecular complexity index is 1530. The SMILES string of the molecule is CC(C)(C)n1ccc(C(=O)NCc2nc(-c3cc4c(NC5CCC(F)(F)CC5)cccc4n3C(F)C(F)F)no2)c1. The van der Waals surface area contributed by atoms with Crippen molar-refractivity contribution in [3.63, 3.8) is 0 Å². The Morgan fingerprint density at radius 3 is 2.56 bits per heavy atom. The number of nitrogens with zero attached hydrogens (tertiary/aromatic N) is 4. The third-order valence-corrected chi connectivity index (χ3v) is 7.24. The number of benzene rings is 1. The molecule has 5 rings (SSSR count). The molecule has 1 saturated carbocycles. The summed E-state index contributed by atoms with van der Waals surface area (Å²) in [5, 5.41) is 10.2. The largest absolute Gasteiger partial charge is 0.382 e. The lowest BCUT2D eigenvalue weighted by Crippen LogP contribution is -2.32. The molecule has 1 atom stereocenters. The molecule has 1 amide bonds. The molecule has 0 saturated heterocycles. The second kappa shape index (κ2) is 10.8. The van der Waals surface area contributed by atoms with Crippen LogP contribution in [0.1, 0.15) is 69.0 Å². The zero-order valence-electron chi connectivity index (χ0n) is 22.8. The van der Waals surface area contributed by atoms with E-state index in [-0.39, 0.29) is 72.6 Å². The van der Waals surface area contributed by atoms with E-state index in [1.807, 2.05) is 25.3 Å². The van der Waals surface area contributed by atoms with Crippen molar-refractivity contribution in [1.82, 2.24) is 24.6 Å². The Labute approximate surface area is 232 Å². The number of alkyl halides is 5. The van der Waals surface area contributed by atoms with Gasteiger partial charge in [-0.3, -0.25) is 4.79 Å². The maximum Gasteiger partial charge on any atom is 0.288 e. The number of nitrogens with one attached hydrogen (secondary N) is 2. The third-order valence-electron chi connectivity index (χ3n) is 7.24. The molecule has 0 radical (unpaired) electrons. The van der Waals surface area contributed by atoms with E-state index in [1.165, 1.54) is 12.1 Å². The van der Waals surface area contributed by atoms with Crippen LogP contribution < -0.4 is 10.6 Å². The van der Waals surface area contributed by atoms with Gasteiger partial charge in [0.15, 0.2) is 0 Å². The normalized spacial score (nSPS) is 16.8. The van der Waals surface area contributed by atoms with Gasteiger partial charge in [0.1, 0.15) is 0 Å². The number of carbonyl (C=O) groups excluding carboxylic acids is 1. The molecule has 0 aliphatic heterocycles. The molecule has 220 valence electrons. The van der Waals surface area contributed by atoms with E-state index < -0.39 is 18.6 Å². The molecule has 1 fully saturated rings. The molecule has 0 bridgehead atoms. The van der Waals surface area contributed by atoms with E-state index in [1.54, 1.807) is 30.6 Å². The molecule has 1 aliphatic carbocycles. The van der Waals surface area contributed by atoms with Crippen molar-refractivity contribution in [1.29, 1.82) is 0 Å². The summed E-state index contributed by atoms with van der Waals surface area (Å²) >= 11 is 0. The summed E-state index contributed by atoms with van der Waals surface area (Å²) in [5.74, 6) is -3.22. The Morgan fingerprint density at radius 1 is 1.17 bits per heavy atom. The quantitative estimate of drug-likeness (QED) is 0.222. The molecule has 41 heavy (non-hydrogen) atoms. The zero-order valence-corrected chi connectivity index (χ0v) is 22.8. The topological polar surface area (TPSA) is 89.9 Å². The lowest BCUT2D eigenvalue weighted by Gasteiger charge is -2.29. The zero-order chi connectivity index (χ0) is 29.5. The van der Waals surface area contributed by atoms with E-state index in [0.29, 0.717) is 16.6 Å². The van der Waals surface area contributed by atoms with Crippen LogP contribution in [-0.2, 0) is 12.1 Å². The van der Waals surface area contributed by atoms with Crippen LogP contribution in [0.4, 0.5) is 27.6 Å². The monoisotopic (exact) mass is 578 g/mol. The van der Waals surface area contributed by atoms with Crippen LogP contribution in [0.25, 0.3) is 22.4 Å². The van der Waals surface area contributed by atoms with E-state index in [2.05, 4.69) is 20.8 Å². The third kappa shape index (κ3) is 6.08. The van der Waals surface area contributed by atoms with Crippen LogP contribution in [0.2, 0.25) is 0 Å². The molecule has 0 spiro atoms. The standard InChI is InChI=1S/C28H31F5N6O2/c1-27(2,3)38-12-9-16(15-38)26(40)34-14-22-36-25(37-41-22)21-13-18-19(35-17-7-10-28(32,33)11-8-17)5-4-6-20(18)39(21)24(31)23(29)30/h4-6,9,12-13,15,17,23-24,35H,7-8,10-11,14H2,1-3H3,(H,34,40). The van der Waals surface area contributed by atoms with Crippen LogP contribution in [0.5, 0.6) is 0 Å². The molecule has 13 heteroatoms. The fourth-order valence-corrected chi connectivity index (χ4v) is 4.97. The Kier molecular flexibility index (Phi) is 7.56. The Hall–Kier alpha value is -3.90. The minimum absolute atomic E-state index is 0.00523. The second-order valence-corrected chi connectivity index (χ2v) is 11.3. The smallest absolute Gasteiger partial charge is 0.288 e. The number of amides is 1. The van der Waals surface area contributed by atoms with Gasteiger partial charge in [-0.2, -0.15) is 4.98 Å². The van der Waals surface area contributed by atoms with Gasteiger partial charge in [-0.05, 0) is 57.9 Å². The fraction of sp³-hybridized carbons (Fsp3) is 0.464. The van der Waals surface area contributed by atoms with Crippen molar-refractivity contribution in [2.45, 2.75) is 83.2 Å². The van der Waals surface area contributed by atoms with Gasteiger partial charge in [-0.15, -0.1) is 0 Å². The highest BCUT2D eigenvalue weighted by atomic mass is 19.3. The Balaban J connectivity index is 1.39. The van der Waals surface area contributed by atoms with Crippen molar-refractivity contribution < 1.29 is 31.3 Å². The fourth-order valence-electron chi connectivity index (χ4n) is 4.97. The summed E-state index contributed by atoms with van der Waals surface area (Å²) in [6.07, 6.45) is -2.58. The van der Waals surface area contributed by atoms with Gasteiger partial charge in [-0.25, -0.2) is 22.0 Å². The lowest BCUT2D eigenvalue weighted by molar-refractivity contribution is -0.0360. The molecule has 2 N–H and O–H groups in total. The van der Waals surface area contributed by atoms with Gasteiger partial charge in [0.2, 0.25) is 23.9 Å². The minimum atomic E-state index is -3.34. The van der Waals surface area contributed by atoms with Gasteiger partial charge < -0.3 is 24.3 Å². The predicted molar refractivity (Wildman–Crippen MR) is 143 cm³/mol. The molecule has 1 aliphatic rings. The van der Waals surface area contributed by atoms with Gasteiger partial charge in [0, 0.05) is 47.9 Å². The van der Waals surface area contributed by atoms with E-state index in [0.717, 1.165) is 4.57 Å². The molecule has 3 heterocycles. The predicted octanol–water partition coefficient (Wildman–Crippen LogP) is 6.90. The summed E-state index contributed by atoms with van der Waals surface area (Å²) in [6.45, 7) is 5.86. The second-order valence-electron chi connectivity index (χ2n) is 11.3. The van der Waals surface area contributed by atoms with E-state index in [9.17, 15) is 26.7 Å². The Morgan fingerprint density at radius 2 is 1.90 bits per heavy atom. The van der Waals surface area contributed by atoms with Crippen molar-refractivity contribution in [3.8, 4) is 11.5 Å². The highest BCUT2D eigenvalue weighted by Crippen LogP contribution is 2.39. The molecule has 3 aromatic heterocycles. The maximum absolute atomic E-state index is 14.9. The van der Waals surface area contributed by atoms with Crippen molar-refractivity contribution in [3.05, 3.63) is 54.2 Å². The molecule has 8 nitrogen and oxygen atoms in total. The van der Waals surface area contributed by atoms with E-state index >= 15 is 0 Å². The van der Waals surface area contributed by atoms with E-state index in [4.69, 9.17) is 4.52 Å². The first-order valence-corrected chi connectivity index (χ1v) is 13.3. The van der Waals surface area contributed by atoms with Crippen LogP contribution in [0, 0.1) is 0 Å². The molecule has 1 aromatic carbocycles. The molecular formula is C28H31F5N6O2. The average molecular weight is 579 g/mol. The summed E-state index contributed by atoms with van der Waals surface area (Å²) in [5.41, 5.74) is 0.824. The molecule has 1 unspecified atom stereocenters. The first-order chi connectivity index (χ1) is 19.3. The van der Waals surface area contributed by atoms with Crippen LogP contribution in [0.3, 0.4) is 0 Å². The number of aromatic nitrogens is 4. The highest BCUT2D eigenvalue weighted by Gasteiger charge is 2.35. The van der Waals surface area contributed by atoms with Crippen molar-refractivity contribution in [2.75, 3.05) is 5.32 Å². The van der Waals surface area contributed by atoms with Gasteiger partial charge in [0.05, 0.1) is 23.3 Å². The highest BCUT2D eigenvalue weighted by molar-refractivity contribution is 5.96. The average Bonchev–Trinajstić information content (AvgIpc) is 3.66. The van der Waals surface area contributed by atoms with Crippen LogP contribution in [-0.4, -0.2) is 43.6 Å². The summed E-state index contributed by atoms with van der Waals surface area (Å²) in [4.78, 5) is 16.8. The first kappa shape index (κ1) is 28.6. The number of halogens is 5. The number of carbonyl (C=O) groups is 1. The van der Waals surface area contributed by atoms with Gasteiger partial charge in [0.25, 0.3) is 12.3 Å². The summed E-state index contributed by atoms with van der Waals surface area (Å²) < 4.78 is 77.3. The minimum Gasteiger partial charge on any atom is -0.382 e. The number of hydrogen-bond donors (Lipinski definition) is 2. The number of fused-ring (bicyclic) bond motifs is 1. The summed E-state index contributed by atoms with van der Waals surface area (Å²) in [6, 6.07) is 7.64. The van der Waals surface area contributed by atoms with Gasteiger partial charge in [-0.1, -0.05) is 11.2 Å². The number of rotatable bonds is 8. The van der Waals surface area contributed by atoms with Gasteiger partial charge >= 0.3 is 0 Å². The summed E-state index contributed by atoms with van der Waals surface area (Å²) in [7, 11) is 0.